The van der Waals surface area contributed by atoms with E-state index in [2.05, 4.69) is 36.3 Å². The number of nitrogens with one attached hydrogen (secondary N) is 2. The Morgan fingerprint density at radius 2 is 2.05 bits per heavy atom. The summed E-state index contributed by atoms with van der Waals surface area (Å²) < 4.78 is 0. The van der Waals surface area contributed by atoms with Gasteiger partial charge in [0, 0.05) is 23.0 Å². The number of aromatic amines is 1. The Morgan fingerprint density at radius 3 is 2.70 bits per heavy atom. The number of aromatic nitrogens is 1. The lowest BCUT2D eigenvalue weighted by Gasteiger charge is -2.35. The van der Waals surface area contributed by atoms with E-state index in [0.717, 1.165) is 22.2 Å². The minimum Gasteiger partial charge on any atom is -0.480 e. The van der Waals surface area contributed by atoms with Gasteiger partial charge in [-0.1, -0.05) is 12.1 Å². The zero-order chi connectivity index (χ0) is 14.7. The van der Waals surface area contributed by atoms with Gasteiger partial charge < -0.3 is 10.1 Å². The predicted molar refractivity (Wildman–Crippen MR) is 79.1 cm³/mol. The Morgan fingerprint density at radius 1 is 1.35 bits per heavy atom. The summed E-state index contributed by atoms with van der Waals surface area (Å²) in [5, 5.41) is 13.7. The summed E-state index contributed by atoms with van der Waals surface area (Å²) in [5.41, 5.74) is 5.50. The molecular formula is C16H20N2O2. The van der Waals surface area contributed by atoms with Gasteiger partial charge in [-0.2, -0.15) is 0 Å². The van der Waals surface area contributed by atoms with E-state index < -0.39 is 12.0 Å². The Bertz CT molecular complexity index is 713. The fourth-order valence-corrected chi connectivity index (χ4v) is 3.22. The van der Waals surface area contributed by atoms with Crippen LogP contribution in [-0.2, 0) is 16.8 Å². The quantitative estimate of drug-likeness (QED) is 0.747. The van der Waals surface area contributed by atoms with E-state index in [1.165, 1.54) is 11.1 Å². The predicted octanol–water partition coefficient (Wildman–Crippen LogP) is 2.62. The van der Waals surface area contributed by atoms with Crippen molar-refractivity contribution in [2.24, 2.45) is 0 Å². The minimum atomic E-state index is -0.790. The number of hydrogen-bond donors (Lipinski definition) is 3. The number of rotatable bonds is 1. The van der Waals surface area contributed by atoms with Gasteiger partial charge in [0.25, 0.3) is 0 Å². The van der Waals surface area contributed by atoms with Crippen LogP contribution in [0.4, 0.5) is 0 Å². The van der Waals surface area contributed by atoms with Crippen molar-refractivity contribution in [3.63, 3.8) is 0 Å². The van der Waals surface area contributed by atoms with Crippen molar-refractivity contribution in [3.05, 3.63) is 34.5 Å². The standard InChI is InChI=1S/C16H20N2O2/c1-8-5-6-10-11-7-12(15(19)20)18-16(3,4)14(11)17-13(10)9(8)2/h5-6,12,17-18H,7H2,1-4H3,(H,19,20). The molecular weight excluding hydrogens is 252 g/mol. The first-order chi connectivity index (χ1) is 9.31. The molecule has 1 atom stereocenters. The highest BCUT2D eigenvalue weighted by atomic mass is 16.4. The van der Waals surface area contributed by atoms with Gasteiger partial charge >= 0.3 is 5.97 Å². The second-order valence-corrected chi connectivity index (χ2v) is 6.27. The van der Waals surface area contributed by atoms with Gasteiger partial charge in [-0.05, 0) is 44.4 Å². The number of hydrogen-bond acceptors (Lipinski definition) is 2. The highest BCUT2D eigenvalue weighted by molar-refractivity contribution is 5.90. The molecule has 2 aromatic rings. The van der Waals surface area contributed by atoms with Gasteiger partial charge in [0.05, 0.1) is 5.54 Å². The molecule has 0 fully saturated rings. The smallest absolute Gasteiger partial charge is 0.321 e. The van der Waals surface area contributed by atoms with Gasteiger partial charge in [-0.15, -0.1) is 0 Å². The van der Waals surface area contributed by atoms with E-state index in [9.17, 15) is 9.90 Å². The fraction of sp³-hybridized carbons (Fsp3) is 0.438. The number of aliphatic carboxylic acids is 1. The average molecular weight is 272 g/mol. The van der Waals surface area contributed by atoms with Crippen LogP contribution in [-0.4, -0.2) is 22.1 Å². The zero-order valence-electron chi connectivity index (χ0n) is 12.3. The third-order valence-electron chi connectivity index (χ3n) is 4.48. The van der Waals surface area contributed by atoms with E-state index in [-0.39, 0.29) is 5.54 Å². The molecule has 3 rings (SSSR count). The molecule has 2 heterocycles. The molecule has 106 valence electrons. The number of H-pyrrole nitrogens is 1. The molecule has 0 aliphatic carbocycles. The van der Waals surface area contributed by atoms with E-state index in [1.54, 1.807) is 0 Å². The van der Waals surface area contributed by atoms with Crippen LogP contribution in [0.5, 0.6) is 0 Å². The Balaban J connectivity index is 2.28. The monoisotopic (exact) mass is 272 g/mol. The Hall–Kier alpha value is -1.81. The maximum Gasteiger partial charge on any atom is 0.321 e. The summed E-state index contributed by atoms with van der Waals surface area (Å²) in [5.74, 6) is -0.790. The molecule has 20 heavy (non-hydrogen) atoms. The number of benzene rings is 1. The summed E-state index contributed by atoms with van der Waals surface area (Å²) in [4.78, 5) is 14.9. The summed E-state index contributed by atoms with van der Waals surface area (Å²) >= 11 is 0. The largest absolute Gasteiger partial charge is 0.480 e. The van der Waals surface area contributed by atoms with Crippen molar-refractivity contribution in [2.45, 2.75) is 45.7 Å². The zero-order valence-corrected chi connectivity index (χ0v) is 12.3. The number of aryl methyl sites for hydroxylation is 2. The summed E-state index contributed by atoms with van der Waals surface area (Å²) in [7, 11) is 0. The van der Waals surface area contributed by atoms with Crippen LogP contribution in [0.3, 0.4) is 0 Å². The highest BCUT2D eigenvalue weighted by Gasteiger charge is 2.37. The van der Waals surface area contributed by atoms with Crippen LogP contribution in [0.1, 0.15) is 36.2 Å². The number of carboxylic acid groups (broad SMARTS) is 1. The highest BCUT2D eigenvalue weighted by Crippen LogP contribution is 2.36. The van der Waals surface area contributed by atoms with Crippen molar-refractivity contribution in [1.29, 1.82) is 0 Å². The molecule has 3 N–H and O–H groups in total. The molecule has 0 radical (unpaired) electrons. The van der Waals surface area contributed by atoms with Crippen molar-refractivity contribution in [2.75, 3.05) is 0 Å². The number of carbonyl (C=O) groups is 1. The van der Waals surface area contributed by atoms with Crippen LogP contribution in [0, 0.1) is 13.8 Å². The molecule has 1 aromatic heterocycles. The molecule has 1 aliphatic rings. The van der Waals surface area contributed by atoms with Crippen LogP contribution in [0.25, 0.3) is 10.9 Å². The van der Waals surface area contributed by atoms with Crippen molar-refractivity contribution in [3.8, 4) is 0 Å². The van der Waals surface area contributed by atoms with Crippen LogP contribution in [0.15, 0.2) is 12.1 Å². The number of carboxylic acids is 1. The van der Waals surface area contributed by atoms with Gasteiger partial charge in [0.1, 0.15) is 6.04 Å². The summed E-state index contributed by atoms with van der Waals surface area (Å²) in [6.07, 6.45) is 0.524. The Kier molecular flexibility index (Phi) is 2.70. The number of fused-ring (bicyclic) bond motifs is 3. The topological polar surface area (TPSA) is 65.1 Å². The second kappa shape index (κ2) is 4.09. The molecule has 0 saturated carbocycles. The fourth-order valence-electron chi connectivity index (χ4n) is 3.22. The van der Waals surface area contributed by atoms with Gasteiger partial charge in [-0.25, -0.2) is 0 Å². The molecule has 4 heteroatoms. The third kappa shape index (κ3) is 1.75. The first-order valence-corrected chi connectivity index (χ1v) is 6.93. The molecule has 1 aromatic carbocycles. The molecule has 4 nitrogen and oxygen atoms in total. The van der Waals surface area contributed by atoms with E-state index in [1.807, 2.05) is 13.8 Å². The van der Waals surface area contributed by atoms with Crippen molar-refractivity contribution >= 4 is 16.9 Å². The summed E-state index contributed by atoms with van der Waals surface area (Å²) in [6.45, 7) is 8.25. The van der Waals surface area contributed by atoms with E-state index in [4.69, 9.17) is 0 Å². The summed E-state index contributed by atoms with van der Waals surface area (Å²) in [6, 6.07) is 3.68. The minimum absolute atomic E-state index is 0.365. The van der Waals surface area contributed by atoms with Crippen molar-refractivity contribution < 1.29 is 9.90 Å². The van der Waals surface area contributed by atoms with Gasteiger partial charge in [0.15, 0.2) is 0 Å². The molecule has 0 saturated heterocycles. The molecule has 0 spiro atoms. The molecule has 0 bridgehead atoms. The van der Waals surface area contributed by atoms with E-state index >= 15 is 0 Å². The second-order valence-electron chi connectivity index (χ2n) is 6.27. The SMILES string of the molecule is Cc1ccc2c3c([nH]c2c1C)C(C)(C)NC(C(=O)O)C3. The average Bonchev–Trinajstić information content (AvgIpc) is 2.73. The lowest BCUT2D eigenvalue weighted by molar-refractivity contribution is -0.140. The van der Waals surface area contributed by atoms with Gasteiger partial charge in [-0.3, -0.25) is 10.1 Å². The lowest BCUT2D eigenvalue weighted by atomic mass is 9.86. The first-order valence-electron chi connectivity index (χ1n) is 6.93. The van der Waals surface area contributed by atoms with Crippen LogP contribution in [0.2, 0.25) is 0 Å². The van der Waals surface area contributed by atoms with Crippen LogP contribution >= 0.6 is 0 Å². The Labute approximate surface area is 118 Å². The molecule has 1 aliphatic heterocycles. The maximum atomic E-state index is 11.4. The first kappa shape index (κ1) is 13.2. The lowest BCUT2D eigenvalue weighted by Crippen LogP contribution is -2.52. The van der Waals surface area contributed by atoms with Crippen LogP contribution < -0.4 is 5.32 Å². The maximum absolute atomic E-state index is 11.4. The van der Waals surface area contributed by atoms with Crippen molar-refractivity contribution in [1.82, 2.24) is 10.3 Å². The molecule has 1 unspecified atom stereocenters. The third-order valence-corrected chi connectivity index (χ3v) is 4.48. The van der Waals surface area contributed by atoms with Gasteiger partial charge in [0.2, 0.25) is 0 Å². The van der Waals surface area contributed by atoms with E-state index in [0.29, 0.717) is 6.42 Å². The molecule has 0 amide bonds. The normalized spacial score (nSPS) is 20.9.